The molecule has 1 aliphatic rings. The van der Waals surface area contributed by atoms with Gasteiger partial charge in [0.25, 0.3) is 0 Å². The molecule has 1 unspecified atom stereocenters. The van der Waals surface area contributed by atoms with Crippen LogP contribution >= 0.6 is 11.6 Å². The number of rotatable bonds is 6. The van der Waals surface area contributed by atoms with Crippen molar-refractivity contribution in [1.82, 2.24) is 20.4 Å². The van der Waals surface area contributed by atoms with Crippen molar-refractivity contribution in [2.75, 3.05) is 13.1 Å². The average molecular weight is 425 g/mol. The van der Waals surface area contributed by atoms with Gasteiger partial charge in [-0.05, 0) is 44.0 Å². The summed E-state index contributed by atoms with van der Waals surface area (Å²) in [4.78, 5) is 19.3. The molecule has 0 radical (unpaired) electrons. The smallest absolute Gasteiger partial charge is 0.241 e. The Kier molecular flexibility index (Phi) is 6.45. The van der Waals surface area contributed by atoms with Gasteiger partial charge in [-0.15, -0.1) is 0 Å². The first-order valence-corrected chi connectivity index (χ1v) is 10.6. The first-order valence-electron chi connectivity index (χ1n) is 10.2. The summed E-state index contributed by atoms with van der Waals surface area (Å²) < 4.78 is 5.43. The van der Waals surface area contributed by atoms with Crippen molar-refractivity contribution in [1.29, 1.82) is 0 Å². The fraction of sp³-hybridized carbons (Fsp3) is 0.348. The largest absolute Gasteiger partial charge is 0.352 e. The van der Waals surface area contributed by atoms with E-state index in [9.17, 15) is 4.79 Å². The van der Waals surface area contributed by atoms with Gasteiger partial charge in [-0.1, -0.05) is 58.7 Å². The molecule has 1 aliphatic heterocycles. The lowest BCUT2D eigenvalue weighted by atomic mass is 9.97. The monoisotopic (exact) mass is 424 g/mol. The first-order chi connectivity index (χ1) is 14.6. The van der Waals surface area contributed by atoms with Gasteiger partial charge in [0, 0.05) is 18.7 Å². The van der Waals surface area contributed by atoms with E-state index in [1.807, 2.05) is 18.2 Å². The molecule has 1 fully saturated rings. The highest BCUT2D eigenvalue weighted by Crippen LogP contribution is 2.25. The number of aromatic nitrogens is 2. The van der Waals surface area contributed by atoms with E-state index in [4.69, 9.17) is 16.1 Å². The van der Waals surface area contributed by atoms with E-state index in [1.165, 1.54) is 5.56 Å². The van der Waals surface area contributed by atoms with E-state index in [1.54, 1.807) is 6.07 Å². The van der Waals surface area contributed by atoms with Crippen LogP contribution in [0.4, 0.5) is 0 Å². The molecule has 0 bridgehead atoms. The molecule has 1 saturated heterocycles. The molecule has 0 spiro atoms. The van der Waals surface area contributed by atoms with Crippen LogP contribution in [-0.4, -0.2) is 34.0 Å². The SMILES string of the molecule is Cc1ccc(CNC(=O)C2CCCN(Cc3nc(-c4ccccc4Cl)no3)C2)cc1. The molecule has 7 heteroatoms. The van der Waals surface area contributed by atoms with Crippen LogP contribution in [0, 0.1) is 12.8 Å². The molecule has 1 amide bonds. The summed E-state index contributed by atoms with van der Waals surface area (Å²) in [5, 5.41) is 7.72. The zero-order chi connectivity index (χ0) is 20.9. The fourth-order valence-corrected chi connectivity index (χ4v) is 3.94. The Morgan fingerprint density at radius 1 is 1.23 bits per heavy atom. The van der Waals surface area contributed by atoms with Crippen LogP contribution in [0.5, 0.6) is 0 Å². The van der Waals surface area contributed by atoms with Crippen molar-refractivity contribution in [2.45, 2.75) is 32.9 Å². The van der Waals surface area contributed by atoms with Crippen LogP contribution < -0.4 is 5.32 Å². The second kappa shape index (κ2) is 9.41. The molecule has 156 valence electrons. The summed E-state index contributed by atoms with van der Waals surface area (Å²) in [6, 6.07) is 15.6. The number of hydrogen-bond donors (Lipinski definition) is 1. The lowest BCUT2D eigenvalue weighted by Gasteiger charge is -2.30. The van der Waals surface area contributed by atoms with Crippen molar-refractivity contribution in [3.8, 4) is 11.4 Å². The van der Waals surface area contributed by atoms with Crippen LogP contribution in [0.25, 0.3) is 11.4 Å². The Bertz CT molecular complexity index is 1000. The van der Waals surface area contributed by atoms with E-state index >= 15 is 0 Å². The summed E-state index contributed by atoms with van der Waals surface area (Å²) in [6.45, 7) is 4.73. The molecule has 3 aromatic rings. The van der Waals surface area contributed by atoms with Crippen LogP contribution in [0.3, 0.4) is 0 Å². The van der Waals surface area contributed by atoms with Gasteiger partial charge in [0.2, 0.25) is 17.6 Å². The van der Waals surface area contributed by atoms with Gasteiger partial charge in [0.15, 0.2) is 0 Å². The number of nitrogens with one attached hydrogen (secondary N) is 1. The van der Waals surface area contributed by atoms with Gasteiger partial charge in [-0.3, -0.25) is 9.69 Å². The van der Waals surface area contributed by atoms with Crippen LogP contribution in [0.1, 0.15) is 29.9 Å². The molecule has 6 nitrogen and oxygen atoms in total. The Morgan fingerprint density at radius 2 is 2.03 bits per heavy atom. The van der Waals surface area contributed by atoms with Gasteiger partial charge in [-0.2, -0.15) is 4.98 Å². The normalized spacial score (nSPS) is 17.1. The fourth-order valence-electron chi connectivity index (χ4n) is 3.71. The molecule has 0 saturated carbocycles. The summed E-state index contributed by atoms with van der Waals surface area (Å²) in [6.07, 6.45) is 1.86. The standard InChI is InChI=1S/C23H25ClN4O2/c1-16-8-10-17(11-9-16)13-25-23(29)18-5-4-12-28(14-18)15-21-26-22(27-30-21)19-6-2-3-7-20(19)24/h2-3,6-11,18H,4-5,12-15H2,1H3,(H,25,29). The van der Waals surface area contributed by atoms with Gasteiger partial charge < -0.3 is 9.84 Å². The van der Waals surface area contributed by atoms with Crippen molar-refractivity contribution < 1.29 is 9.32 Å². The molecule has 4 rings (SSSR count). The number of nitrogens with zero attached hydrogens (tertiary/aromatic N) is 3. The van der Waals surface area contributed by atoms with E-state index in [0.29, 0.717) is 36.4 Å². The Hall–Kier alpha value is -2.70. The number of piperidine rings is 1. The lowest BCUT2D eigenvalue weighted by molar-refractivity contribution is -0.127. The highest BCUT2D eigenvalue weighted by molar-refractivity contribution is 6.33. The summed E-state index contributed by atoms with van der Waals surface area (Å²) >= 11 is 6.22. The number of likely N-dealkylation sites (tertiary alicyclic amines) is 1. The maximum atomic E-state index is 12.7. The number of carbonyl (C=O) groups is 1. The summed E-state index contributed by atoms with van der Waals surface area (Å²) in [5.74, 6) is 1.09. The third-order valence-electron chi connectivity index (χ3n) is 5.41. The van der Waals surface area contributed by atoms with E-state index in [-0.39, 0.29) is 11.8 Å². The number of benzene rings is 2. The van der Waals surface area contributed by atoms with E-state index in [0.717, 1.165) is 30.5 Å². The van der Waals surface area contributed by atoms with Crippen molar-refractivity contribution >= 4 is 17.5 Å². The topological polar surface area (TPSA) is 71.3 Å². The molecular formula is C23H25ClN4O2. The Morgan fingerprint density at radius 3 is 2.83 bits per heavy atom. The van der Waals surface area contributed by atoms with Crippen molar-refractivity contribution in [2.24, 2.45) is 5.92 Å². The predicted molar refractivity (Wildman–Crippen MR) is 116 cm³/mol. The van der Waals surface area contributed by atoms with Gasteiger partial charge in [0.1, 0.15) is 0 Å². The van der Waals surface area contributed by atoms with Crippen molar-refractivity contribution in [3.63, 3.8) is 0 Å². The number of aryl methyl sites for hydroxylation is 1. The third kappa shape index (κ3) is 5.07. The molecule has 2 heterocycles. The quantitative estimate of drug-likeness (QED) is 0.641. The molecule has 0 aliphatic carbocycles. The van der Waals surface area contributed by atoms with Gasteiger partial charge in [0.05, 0.1) is 17.5 Å². The number of halogens is 1. The molecule has 1 aromatic heterocycles. The highest BCUT2D eigenvalue weighted by Gasteiger charge is 2.27. The van der Waals surface area contributed by atoms with Crippen LogP contribution in [0.2, 0.25) is 5.02 Å². The second-order valence-electron chi connectivity index (χ2n) is 7.77. The third-order valence-corrected chi connectivity index (χ3v) is 5.73. The second-order valence-corrected chi connectivity index (χ2v) is 8.18. The number of amides is 1. The highest BCUT2D eigenvalue weighted by atomic mass is 35.5. The number of carbonyl (C=O) groups excluding carboxylic acids is 1. The predicted octanol–water partition coefficient (Wildman–Crippen LogP) is 4.23. The molecule has 1 atom stereocenters. The molecular weight excluding hydrogens is 400 g/mol. The average Bonchev–Trinajstić information content (AvgIpc) is 3.22. The molecule has 30 heavy (non-hydrogen) atoms. The van der Waals surface area contributed by atoms with E-state index in [2.05, 4.69) is 51.5 Å². The maximum absolute atomic E-state index is 12.7. The van der Waals surface area contributed by atoms with E-state index < -0.39 is 0 Å². The minimum Gasteiger partial charge on any atom is -0.352 e. The van der Waals surface area contributed by atoms with Crippen LogP contribution in [-0.2, 0) is 17.9 Å². The summed E-state index contributed by atoms with van der Waals surface area (Å²) in [7, 11) is 0. The Labute approximate surface area is 181 Å². The zero-order valence-corrected chi connectivity index (χ0v) is 17.7. The minimum absolute atomic E-state index is 0.0323. The van der Waals surface area contributed by atoms with Crippen molar-refractivity contribution in [3.05, 3.63) is 70.6 Å². The zero-order valence-electron chi connectivity index (χ0n) is 17.0. The van der Waals surface area contributed by atoms with Crippen LogP contribution in [0.15, 0.2) is 53.1 Å². The van der Waals surface area contributed by atoms with Gasteiger partial charge in [-0.25, -0.2) is 0 Å². The number of hydrogen-bond acceptors (Lipinski definition) is 5. The lowest BCUT2D eigenvalue weighted by Crippen LogP contribution is -2.42. The molecule has 1 N–H and O–H groups in total. The Balaban J connectivity index is 1.32. The maximum Gasteiger partial charge on any atom is 0.241 e. The van der Waals surface area contributed by atoms with Gasteiger partial charge >= 0.3 is 0 Å². The summed E-state index contributed by atoms with van der Waals surface area (Å²) in [5.41, 5.74) is 3.08. The first kappa shape index (κ1) is 20.6. The molecule has 2 aromatic carbocycles. The minimum atomic E-state index is -0.0323.